The molecule has 13 atom stereocenters. The van der Waals surface area contributed by atoms with E-state index < -0.39 is 98.2 Å². The molecule has 0 spiro atoms. The molecule has 4 rings (SSSR count). The largest absolute Gasteiger partial charge is 0.472 e. The molecule has 3 aliphatic heterocycles. The van der Waals surface area contributed by atoms with Crippen LogP contribution in [0.5, 0.6) is 0 Å². The lowest BCUT2D eigenvalue weighted by molar-refractivity contribution is -0.354. The molecule has 0 bridgehead atoms. The van der Waals surface area contributed by atoms with Gasteiger partial charge in [-0.15, -0.1) is 0 Å². The van der Waals surface area contributed by atoms with Gasteiger partial charge in [-0.05, 0) is 19.1 Å². The maximum atomic E-state index is 13.1. The van der Waals surface area contributed by atoms with Crippen LogP contribution in [0, 0.1) is 5.92 Å². The third-order valence-electron chi connectivity index (χ3n) is 6.77. The van der Waals surface area contributed by atoms with Gasteiger partial charge in [-0.3, -0.25) is 4.79 Å². The van der Waals surface area contributed by atoms with Crippen molar-refractivity contribution in [3.8, 4) is 0 Å². The number of hydrogen-bond acceptors (Lipinski definition) is 14. The van der Waals surface area contributed by atoms with E-state index in [4.69, 9.17) is 23.7 Å². The van der Waals surface area contributed by atoms with Gasteiger partial charge in [0, 0.05) is 0 Å². The molecule has 2 saturated heterocycles. The van der Waals surface area contributed by atoms with Crippen LogP contribution in [-0.4, -0.2) is 133 Å². The summed E-state index contributed by atoms with van der Waals surface area (Å²) in [6.45, 7) is 0.197. The molecule has 0 aromatic heterocycles. The van der Waals surface area contributed by atoms with E-state index in [0.29, 0.717) is 5.57 Å². The first-order chi connectivity index (χ1) is 16.5. The highest BCUT2D eigenvalue weighted by Gasteiger charge is 2.60. The fourth-order valence-electron chi connectivity index (χ4n) is 4.75. The number of ketones is 1. The van der Waals surface area contributed by atoms with Crippen LogP contribution in [0.2, 0.25) is 0 Å². The summed E-state index contributed by atoms with van der Waals surface area (Å²) < 4.78 is 27.9. The zero-order valence-corrected chi connectivity index (χ0v) is 18.6. The molecule has 1 aliphatic carbocycles. The Bertz CT molecular complexity index is 844. The SMILES string of the molecule is CC1=CC(=O)[C@]2(O[C@@H]3O[C@H](CO)[C@@H](O)[C@H](O)[C@H]3O)C=CO[C@@H](O[C@@H]3O[C@H](CO)[C@@H](O)[C@H](O)[C@H]3O)[C@H]12. The first-order valence-electron chi connectivity index (χ1n) is 11.1. The predicted octanol–water partition coefficient (Wildman–Crippen LogP) is -4.63. The van der Waals surface area contributed by atoms with Crippen LogP contribution in [0.25, 0.3) is 0 Å². The van der Waals surface area contributed by atoms with Gasteiger partial charge in [0.15, 0.2) is 24.0 Å². The molecule has 0 unspecified atom stereocenters. The van der Waals surface area contributed by atoms with Crippen LogP contribution in [0.15, 0.2) is 24.0 Å². The van der Waals surface area contributed by atoms with Crippen molar-refractivity contribution < 1.29 is 69.3 Å². The third kappa shape index (κ3) is 4.43. The van der Waals surface area contributed by atoms with E-state index in [-0.39, 0.29) is 0 Å². The number of hydrogen-bond donors (Lipinski definition) is 8. The van der Waals surface area contributed by atoms with Gasteiger partial charge in [0.05, 0.1) is 25.4 Å². The smallest absolute Gasteiger partial charge is 0.211 e. The van der Waals surface area contributed by atoms with Crippen LogP contribution >= 0.6 is 0 Å². The minimum Gasteiger partial charge on any atom is -0.472 e. The molecule has 14 nitrogen and oxygen atoms in total. The number of carbonyl (C=O) groups is 1. The Morgan fingerprint density at radius 1 is 0.829 bits per heavy atom. The third-order valence-corrected chi connectivity index (χ3v) is 6.77. The Morgan fingerprint density at radius 3 is 1.94 bits per heavy atom. The van der Waals surface area contributed by atoms with Crippen LogP contribution in [0.4, 0.5) is 0 Å². The molecule has 0 amide bonds. The average Bonchev–Trinajstić information content (AvgIpc) is 3.09. The summed E-state index contributed by atoms with van der Waals surface area (Å²) in [6, 6.07) is 0. The van der Waals surface area contributed by atoms with Gasteiger partial charge in [0.2, 0.25) is 6.29 Å². The highest BCUT2D eigenvalue weighted by molar-refractivity contribution is 6.03. The number of carbonyl (C=O) groups excluding carboxylic acids is 1. The van der Waals surface area contributed by atoms with Crippen molar-refractivity contribution in [3.05, 3.63) is 24.0 Å². The number of ether oxygens (including phenoxy) is 5. The Morgan fingerprint density at radius 2 is 1.37 bits per heavy atom. The second-order valence-corrected chi connectivity index (χ2v) is 8.98. The monoisotopic (exact) mass is 506 g/mol. The van der Waals surface area contributed by atoms with E-state index in [1.165, 1.54) is 12.2 Å². The van der Waals surface area contributed by atoms with Gasteiger partial charge >= 0.3 is 0 Å². The highest BCUT2D eigenvalue weighted by atomic mass is 16.8. The summed E-state index contributed by atoms with van der Waals surface area (Å²) >= 11 is 0. The van der Waals surface area contributed by atoms with Crippen LogP contribution in [-0.2, 0) is 28.5 Å². The lowest BCUT2D eigenvalue weighted by atomic mass is 9.83. The molecular weight excluding hydrogens is 476 g/mol. The molecule has 0 radical (unpaired) electrons. The number of rotatable bonds is 6. The van der Waals surface area contributed by atoms with Crippen LogP contribution in [0.3, 0.4) is 0 Å². The Hall–Kier alpha value is -1.53. The zero-order valence-electron chi connectivity index (χ0n) is 18.6. The van der Waals surface area contributed by atoms with E-state index in [2.05, 4.69) is 0 Å². The van der Waals surface area contributed by atoms with Gasteiger partial charge < -0.3 is 64.5 Å². The van der Waals surface area contributed by atoms with E-state index in [1.54, 1.807) is 6.92 Å². The van der Waals surface area contributed by atoms with E-state index in [1.807, 2.05) is 0 Å². The van der Waals surface area contributed by atoms with Crippen molar-refractivity contribution in [3.63, 3.8) is 0 Å². The van der Waals surface area contributed by atoms with Gasteiger partial charge in [0.1, 0.15) is 48.8 Å². The van der Waals surface area contributed by atoms with Crippen molar-refractivity contribution in [2.45, 2.75) is 80.2 Å². The minimum atomic E-state index is -1.87. The molecule has 4 aliphatic rings. The number of fused-ring (bicyclic) bond motifs is 1. The summed E-state index contributed by atoms with van der Waals surface area (Å²) in [4.78, 5) is 13.1. The van der Waals surface area contributed by atoms with Crippen molar-refractivity contribution >= 4 is 5.78 Å². The first kappa shape index (κ1) is 26.5. The van der Waals surface area contributed by atoms with E-state index in [0.717, 1.165) is 6.26 Å². The Labute approximate surface area is 199 Å². The lowest BCUT2D eigenvalue weighted by Gasteiger charge is -2.47. The Balaban J connectivity index is 1.58. The fraction of sp³-hybridized carbons (Fsp3) is 0.762. The predicted molar refractivity (Wildman–Crippen MR) is 109 cm³/mol. The standard InChI is InChI=1S/C21H30O14/c1-7-4-10(24)21(35-20-17(30)15(28)13(26)9(6-23)33-20)2-3-31-18(11(7)21)34-19-16(29)14(27)12(25)8(5-22)32-19/h2-4,8-9,11-20,22-23,25-30H,5-6H2,1H3/t8-,9-,11+,12-,13-,14+,15+,16-,17-,18+,19+,20+,21-/m1/s1. The van der Waals surface area contributed by atoms with Gasteiger partial charge in [-0.2, -0.15) is 0 Å². The van der Waals surface area contributed by atoms with Gasteiger partial charge in [-0.1, -0.05) is 5.57 Å². The quantitative estimate of drug-likeness (QED) is 0.170. The minimum absolute atomic E-state index is 0.415. The molecule has 0 aromatic rings. The molecule has 2 fully saturated rings. The summed E-state index contributed by atoms with van der Waals surface area (Å²) in [7, 11) is 0. The molecule has 0 aromatic carbocycles. The molecule has 0 saturated carbocycles. The first-order valence-corrected chi connectivity index (χ1v) is 11.1. The molecule has 35 heavy (non-hydrogen) atoms. The summed E-state index contributed by atoms with van der Waals surface area (Å²) in [5.74, 6) is -1.61. The topological polar surface area (TPSA) is 225 Å². The molecule has 8 N–H and O–H groups in total. The number of aliphatic hydroxyl groups excluding tert-OH is 8. The molecule has 198 valence electrons. The van der Waals surface area contributed by atoms with E-state index >= 15 is 0 Å². The lowest BCUT2D eigenvalue weighted by Crippen LogP contribution is -2.63. The van der Waals surface area contributed by atoms with Crippen LogP contribution in [0.1, 0.15) is 6.92 Å². The average molecular weight is 506 g/mol. The second-order valence-electron chi connectivity index (χ2n) is 8.98. The fourth-order valence-corrected chi connectivity index (χ4v) is 4.75. The van der Waals surface area contributed by atoms with Crippen molar-refractivity contribution in [1.29, 1.82) is 0 Å². The van der Waals surface area contributed by atoms with Crippen LogP contribution < -0.4 is 0 Å². The van der Waals surface area contributed by atoms with Crippen molar-refractivity contribution in [1.82, 2.24) is 0 Å². The summed E-state index contributed by atoms with van der Waals surface area (Å²) in [5, 5.41) is 79.7. The van der Waals surface area contributed by atoms with Crippen molar-refractivity contribution in [2.24, 2.45) is 5.92 Å². The highest BCUT2D eigenvalue weighted by Crippen LogP contribution is 2.46. The zero-order chi connectivity index (χ0) is 25.7. The van der Waals surface area contributed by atoms with Crippen molar-refractivity contribution in [2.75, 3.05) is 13.2 Å². The molecule has 3 heterocycles. The van der Waals surface area contributed by atoms with Gasteiger partial charge in [-0.25, -0.2) is 0 Å². The van der Waals surface area contributed by atoms with Gasteiger partial charge in [0.25, 0.3) is 0 Å². The second kappa shape index (κ2) is 10.1. The molecular formula is C21H30O14. The summed E-state index contributed by atoms with van der Waals surface area (Å²) in [6.07, 6.45) is -13.7. The Kier molecular flexibility index (Phi) is 7.64. The molecule has 14 heteroatoms. The van der Waals surface area contributed by atoms with E-state index in [9.17, 15) is 45.6 Å². The summed E-state index contributed by atoms with van der Waals surface area (Å²) in [5.41, 5.74) is -1.45. The number of aliphatic hydroxyl groups is 8. The maximum absolute atomic E-state index is 13.1. The normalized spacial score (nSPS) is 50.0. The maximum Gasteiger partial charge on any atom is 0.211 e.